The van der Waals surface area contributed by atoms with E-state index in [9.17, 15) is 43.2 Å². The Labute approximate surface area is 394 Å². The van der Waals surface area contributed by atoms with Gasteiger partial charge >= 0.3 is 36.4 Å². The fourth-order valence-electron chi connectivity index (χ4n) is 5.16. The summed E-state index contributed by atoms with van der Waals surface area (Å²) in [7, 11) is 3.60. The highest BCUT2D eigenvalue weighted by Gasteiger charge is 2.14. The standard InChI is InChI=1S/3C17H14O6/c3*1-11(18)12-3-7-14(8-4-12)22-16(19)13-5-9-15(10-6-13)23-17(20)21-2/h3*3-10H,1-2H3. The number of esters is 3. The van der Waals surface area contributed by atoms with E-state index in [1.165, 1.54) is 115 Å². The van der Waals surface area contributed by atoms with E-state index in [0.717, 1.165) is 0 Å². The van der Waals surface area contributed by atoms with Gasteiger partial charge < -0.3 is 42.6 Å². The zero-order chi connectivity index (χ0) is 50.5. The molecule has 69 heavy (non-hydrogen) atoms. The summed E-state index contributed by atoms with van der Waals surface area (Å²) < 4.78 is 43.1. The maximum absolute atomic E-state index is 12.0. The number of methoxy groups -OCH3 is 3. The van der Waals surface area contributed by atoms with Crippen molar-refractivity contribution in [3.63, 3.8) is 0 Å². The van der Waals surface area contributed by atoms with E-state index in [4.69, 9.17) is 28.4 Å². The third kappa shape index (κ3) is 17.1. The van der Waals surface area contributed by atoms with Crippen LogP contribution in [0.2, 0.25) is 0 Å². The van der Waals surface area contributed by atoms with Crippen molar-refractivity contribution < 1.29 is 85.8 Å². The van der Waals surface area contributed by atoms with Crippen molar-refractivity contribution >= 4 is 53.7 Å². The average molecular weight is 943 g/mol. The molecule has 354 valence electrons. The van der Waals surface area contributed by atoms with Gasteiger partial charge in [-0.2, -0.15) is 0 Å². The van der Waals surface area contributed by atoms with E-state index in [0.29, 0.717) is 33.9 Å². The lowest BCUT2D eigenvalue weighted by atomic mass is 10.1. The van der Waals surface area contributed by atoms with Gasteiger partial charge in [-0.1, -0.05) is 0 Å². The van der Waals surface area contributed by atoms with Gasteiger partial charge in [0, 0.05) is 16.7 Å². The number of Topliss-reactive ketones (excluding diaryl/α,β-unsaturated/α-hetero) is 3. The minimum absolute atomic E-state index is 0.0657. The second-order valence-electron chi connectivity index (χ2n) is 13.7. The Morgan fingerprint density at radius 2 is 0.406 bits per heavy atom. The molecule has 0 atom stereocenters. The molecule has 0 aromatic heterocycles. The maximum atomic E-state index is 12.0. The van der Waals surface area contributed by atoms with E-state index in [1.807, 2.05) is 0 Å². The number of benzene rings is 6. The lowest BCUT2D eigenvalue weighted by Gasteiger charge is -2.06. The highest BCUT2D eigenvalue weighted by atomic mass is 16.7. The van der Waals surface area contributed by atoms with E-state index in [2.05, 4.69) is 14.2 Å². The van der Waals surface area contributed by atoms with Crippen LogP contribution in [0.5, 0.6) is 34.5 Å². The molecular formula is C51H42O18. The van der Waals surface area contributed by atoms with Gasteiger partial charge in [-0.25, -0.2) is 28.8 Å². The van der Waals surface area contributed by atoms with Gasteiger partial charge in [-0.15, -0.1) is 0 Å². The van der Waals surface area contributed by atoms with Crippen LogP contribution in [-0.4, -0.2) is 75.1 Å². The summed E-state index contributed by atoms with van der Waals surface area (Å²) in [5, 5.41) is 0. The third-order valence-corrected chi connectivity index (χ3v) is 8.79. The maximum Gasteiger partial charge on any atom is 0.513 e. The van der Waals surface area contributed by atoms with Crippen molar-refractivity contribution in [2.24, 2.45) is 0 Å². The molecule has 6 rings (SSSR count). The number of hydrogen-bond acceptors (Lipinski definition) is 18. The molecule has 0 N–H and O–H groups in total. The molecule has 0 aliphatic heterocycles. The fraction of sp³-hybridized carbons (Fsp3) is 0.118. The highest BCUT2D eigenvalue weighted by molar-refractivity contribution is 5.96. The first-order valence-corrected chi connectivity index (χ1v) is 20.1. The number of hydrogen-bond donors (Lipinski definition) is 0. The Kier molecular flexibility index (Phi) is 19.6. The minimum Gasteiger partial charge on any atom is -0.437 e. The molecule has 0 amide bonds. The first-order valence-electron chi connectivity index (χ1n) is 20.1. The van der Waals surface area contributed by atoms with Crippen molar-refractivity contribution in [1.82, 2.24) is 0 Å². The van der Waals surface area contributed by atoms with Gasteiger partial charge in [-0.05, 0) is 166 Å². The van der Waals surface area contributed by atoms with E-state index in [-0.39, 0.29) is 51.3 Å². The van der Waals surface area contributed by atoms with Crippen molar-refractivity contribution in [3.05, 3.63) is 179 Å². The van der Waals surface area contributed by atoms with Crippen LogP contribution in [0.25, 0.3) is 0 Å². The molecule has 0 saturated carbocycles. The lowest BCUT2D eigenvalue weighted by molar-refractivity contribution is 0.0725. The van der Waals surface area contributed by atoms with E-state index >= 15 is 0 Å². The molecule has 0 aliphatic rings. The Balaban J connectivity index is 0.000000225. The summed E-state index contributed by atoms with van der Waals surface area (Å²) in [5.74, 6) is -0.157. The number of ketones is 3. The summed E-state index contributed by atoms with van der Waals surface area (Å²) in [4.78, 5) is 102. The van der Waals surface area contributed by atoms with Crippen molar-refractivity contribution in [2.75, 3.05) is 21.3 Å². The number of ether oxygens (including phenoxy) is 9. The van der Waals surface area contributed by atoms with E-state index in [1.54, 1.807) is 72.8 Å². The number of carbonyl (C=O) groups is 9. The van der Waals surface area contributed by atoms with Gasteiger partial charge in [0.2, 0.25) is 0 Å². The lowest BCUT2D eigenvalue weighted by Crippen LogP contribution is -2.10. The summed E-state index contributed by atoms with van der Waals surface area (Å²) >= 11 is 0. The zero-order valence-corrected chi connectivity index (χ0v) is 37.7. The highest BCUT2D eigenvalue weighted by Crippen LogP contribution is 2.21. The van der Waals surface area contributed by atoms with Crippen LogP contribution in [0, 0.1) is 0 Å². The van der Waals surface area contributed by atoms with Gasteiger partial charge in [0.25, 0.3) is 0 Å². The Hall–Kier alpha value is -9.45. The quantitative estimate of drug-likeness (QED) is 0.0365. The fourth-order valence-corrected chi connectivity index (χ4v) is 5.16. The molecule has 0 heterocycles. The Morgan fingerprint density at radius 1 is 0.246 bits per heavy atom. The Bertz CT molecular complexity index is 2450. The van der Waals surface area contributed by atoms with Gasteiger partial charge in [0.15, 0.2) is 17.3 Å². The van der Waals surface area contributed by atoms with Crippen molar-refractivity contribution in [1.29, 1.82) is 0 Å². The van der Waals surface area contributed by atoms with Crippen LogP contribution in [0.1, 0.15) is 82.9 Å². The summed E-state index contributed by atoms with van der Waals surface area (Å²) in [6, 6.07) is 36.2. The molecule has 0 unspecified atom stereocenters. The SMILES string of the molecule is COC(=O)Oc1ccc(C(=O)Oc2ccc(C(C)=O)cc2)cc1.COC(=O)Oc1ccc(C(=O)Oc2ccc(C(C)=O)cc2)cc1.COC(=O)Oc1ccc(C(=O)Oc2ccc(C(C)=O)cc2)cc1. The van der Waals surface area contributed by atoms with Crippen molar-refractivity contribution in [3.8, 4) is 34.5 Å². The molecule has 0 radical (unpaired) electrons. The van der Waals surface area contributed by atoms with Crippen molar-refractivity contribution in [2.45, 2.75) is 20.8 Å². The minimum atomic E-state index is -0.842. The third-order valence-electron chi connectivity index (χ3n) is 8.79. The molecule has 0 bridgehead atoms. The first-order chi connectivity index (χ1) is 33.0. The van der Waals surface area contributed by atoms with Gasteiger partial charge in [0.05, 0.1) is 38.0 Å². The molecule has 6 aromatic carbocycles. The average Bonchev–Trinajstić information content (AvgIpc) is 3.35. The second kappa shape index (κ2) is 25.9. The van der Waals surface area contributed by atoms with Crippen LogP contribution in [0.4, 0.5) is 14.4 Å². The first kappa shape index (κ1) is 52.2. The van der Waals surface area contributed by atoms with Crippen LogP contribution in [0.3, 0.4) is 0 Å². The van der Waals surface area contributed by atoms with Crippen LogP contribution in [0.15, 0.2) is 146 Å². The molecule has 0 aliphatic carbocycles. The largest absolute Gasteiger partial charge is 0.513 e. The normalized spacial score (nSPS) is 9.83. The summed E-state index contributed by atoms with van der Waals surface area (Å²) in [5.41, 5.74) is 2.48. The Morgan fingerprint density at radius 3 is 0.565 bits per heavy atom. The topological polar surface area (TPSA) is 237 Å². The number of rotatable bonds is 12. The predicted molar refractivity (Wildman–Crippen MR) is 243 cm³/mol. The van der Waals surface area contributed by atoms with Crippen LogP contribution in [-0.2, 0) is 14.2 Å². The molecular weight excluding hydrogens is 901 g/mol. The molecule has 0 spiro atoms. The van der Waals surface area contributed by atoms with E-state index < -0.39 is 36.4 Å². The summed E-state index contributed by atoms with van der Waals surface area (Å²) in [6.45, 7) is 4.37. The molecule has 18 heteroatoms. The van der Waals surface area contributed by atoms with Gasteiger partial charge in [-0.3, -0.25) is 14.4 Å². The van der Waals surface area contributed by atoms with Gasteiger partial charge in [0.1, 0.15) is 34.5 Å². The molecule has 0 fully saturated rings. The predicted octanol–water partition coefficient (Wildman–Crippen LogP) is 9.76. The summed E-state index contributed by atoms with van der Waals surface area (Å²) in [6.07, 6.45) is -2.53. The monoisotopic (exact) mass is 942 g/mol. The zero-order valence-electron chi connectivity index (χ0n) is 37.7. The molecule has 18 nitrogen and oxygen atoms in total. The van der Waals surface area contributed by atoms with Crippen LogP contribution >= 0.6 is 0 Å². The molecule has 0 saturated heterocycles. The number of carbonyl (C=O) groups excluding carboxylic acids is 9. The van der Waals surface area contributed by atoms with Crippen LogP contribution < -0.4 is 28.4 Å². The molecule has 6 aromatic rings. The second-order valence-corrected chi connectivity index (χ2v) is 13.7. The smallest absolute Gasteiger partial charge is 0.437 e.